The van der Waals surface area contributed by atoms with Crippen molar-refractivity contribution < 1.29 is 32.2 Å². The van der Waals surface area contributed by atoms with Gasteiger partial charge in [0.05, 0.1) is 25.3 Å². The molecule has 11 heteroatoms. The van der Waals surface area contributed by atoms with Crippen molar-refractivity contribution in [2.75, 3.05) is 36.9 Å². The van der Waals surface area contributed by atoms with Gasteiger partial charge in [-0.3, -0.25) is 4.79 Å². The maximum absolute atomic E-state index is 14.2. The number of anilines is 2. The molecule has 1 fully saturated rings. The second-order valence-corrected chi connectivity index (χ2v) is 10.0. The lowest BCUT2D eigenvalue weighted by atomic mass is 10.0. The molecule has 42 heavy (non-hydrogen) atoms. The Morgan fingerprint density at radius 3 is 2.45 bits per heavy atom. The number of morpholine rings is 1. The quantitative estimate of drug-likeness (QED) is 0.231. The Bertz CT molecular complexity index is 1230. The minimum absolute atomic E-state index is 0.0248. The first-order chi connectivity index (χ1) is 20.4. The first kappa shape index (κ1) is 30.9. The fraction of sp³-hybridized carbons (Fsp3) is 0.355. The van der Waals surface area contributed by atoms with Crippen molar-refractivity contribution >= 4 is 23.4 Å². The van der Waals surface area contributed by atoms with Gasteiger partial charge in [-0.1, -0.05) is 48.5 Å². The molecule has 0 aromatic heterocycles. The Kier molecular flexibility index (Phi) is 11.6. The zero-order chi connectivity index (χ0) is 29.7. The third-order valence-electron chi connectivity index (χ3n) is 6.76. The van der Waals surface area contributed by atoms with E-state index in [0.717, 1.165) is 11.3 Å². The van der Waals surface area contributed by atoms with Gasteiger partial charge >= 0.3 is 6.09 Å². The van der Waals surface area contributed by atoms with Crippen LogP contribution in [0.2, 0.25) is 0 Å². The molecule has 3 aromatic rings. The zero-order valence-electron chi connectivity index (χ0n) is 23.0. The summed E-state index contributed by atoms with van der Waals surface area (Å²) in [6.07, 6.45) is -2.29. The summed E-state index contributed by atoms with van der Waals surface area (Å²) in [6.45, 7) is -0.0754. The summed E-state index contributed by atoms with van der Waals surface area (Å²) < 4.78 is 49.4. The van der Waals surface area contributed by atoms with Gasteiger partial charge in [-0.05, 0) is 54.3 Å². The number of halogens is 3. The third kappa shape index (κ3) is 10.1. The van der Waals surface area contributed by atoms with Crippen LogP contribution < -0.4 is 21.3 Å². The summed E-state index contributed by atoms with van der Waals surface area (Å²) in [7, 11) is 0. The number of ether oxygens (including phenoxy) is 2. The molecular weight excluding hydrogens is 549 g/mol. The van der Waals surface area contributed by atoms with E-state index in [1.54, 1.807) is 6.07 Å². The van der Waals surface area contributed by atoms with Crippen molar-refractivity contribution in [1.29, 1.82) is 0 Å². The van der Waals surface area contributed by atoms with Crippen LogP contribution in [-0.2, 0) is 27.1 Å². The number of rotatable bonds is 13. The summed E-state index contributed by atoms with van der Waals surface area (Å²) in [5.41, 5.74) is 2.98. The standard InChI is InChI=1S/C31H35F3N4O4/c32-23-12-14-27(38-30(39)28(15-21-7-3-1-4-8-21)37-24-9-5-2-6-10-24)22(16-23)11-13-26-17-35-25(19-41-26)20-42-31(40)36-18-29(33)34/h1-10,12,14,16,25-26,28-29,35,37H,11,13,15,17-20H2,(H,36,40)(H,38,39)/t25-,26+,28-/m0/s1. The number of hydrogen-bond acceptors (Lipinski definition) is 6. The van der Waals surface area contributed by atoms with E-state index in [1.807, 2.05) is 66.0 Å². The minimum Gasteiger partial charge on any atom is -0.448 e. The molecule has 0 bridgehead atoms. The van der Waals surface area contributed by atoms with Crippen LogP contribution in [-0.4, -0.2) is 62.9 Å². The van der Waals surface area contributed by atoms with E-state index < -0.39 is 30.9 Å². The molecule has 1 saturated heterocycles. The van der Waals surface area contributed by atoms with Crippen molar-refractivity contribution in [3.8, 4) is 0 Å². The molecular formula is C31H35F3N4O4. The number of aryl methyl sites for hydroxylation is 1. The van der Waals surface area contributed by atoms with Crippen molar-refractivity contribution in [1.82, 2.24) is 10.6 Å². The SMILES string of the molecule is O=C(NCC(F)F)OC[C@@H]1CO[C@H](CCc2cc(F)ccc2NC(=O)[C@H](Cc2ccccc2)Nc2ccccc2)CN1. The molecule has 2 amide bonds. The summed E-state index contributed by atoms with van der Waals surface area (Å²) in [5.74, 6) is -0.650. The maximum atomic E-state index is 14.2. The maximum Gasteiger partial charge on any atom is 0.407 e. The third-order valence-corrected chi connectivity index (χ3v) is 6.76. The van der Waals surface area contributed by atoms with Gasteiger partial charge in [0.15, 0.2) is 0 Å². The molecule has 3 aromatic carbocycles. The fourth-order valence-corrected chi connectivity index (χ4v) is 4.57. The Hall–Kier alpha value is -4.09. The number of nitrogens with one attached hydrogen (secondary N) is 4. The Labute approximate surface area is 243 Å². The first-order valence-corrected chi connectivity index (χ1v) is 13.8. The number of para-hydroxylation sites is 1. The summed E-state index contributed by atoms with van der Waals surface area (Å²) in [4.78, 5) is 25.0. The molecule has 1 aliphatic rings. The number of carbonyl (C=O) groups excluding carboxylic acids is 2. The highest BCUT2D eigenvalue weighted by Crippen LogP contribution is 2.22. The molecule has 1 heterocycles. The van der Waals surface area contributed by atoms with E-state index in [4.69, 9.17) is 9.47 Å². The van der Waals surface area contributed by atoms with Gasteiger partial charge in [0.2, 0.25) is 5.91 Å². The number of hydrogen-bond donors (Lipinski definition) is 4. The van der Waals surface area contributed by atoms with Gasteiger partial charge < -0.3 is 30.7 Å². The van der Waals surface area contributed by atoms with E-state index in [0.29, 0.717) is 37.1 Å². The molecule has 4 N–H and O–H groups in total. The Balaban J connectivity index is 1.32. The fourth-order valence-electron chi connectivity index (χ4n) is 4.57. The minimum atomic E-state index is -2.65. The van der Waals surface area contributed by atoms with E-state index >= 15 is 0 Å². The highest BCUT2D eigenvalue weighted by atomic mass is 19.3. The lowest BCUT2D eigenvalue weighted by Gasteiger charge is -2.30. The zero-order valence-corrected chi connectivity index (χ0v) is 23.0. The van der Waals surface area contributed by atoms with Crippen molar-refractivity contribution in [2.24, 2.45) is 0 Å². The first-order valence-electron chi connectivity index (χ1n) is 13.8. The number of benzene rings is 3. The average Bonchev–Trinajstić information content (AvgIpc) is 3.00. The molecule has 224 valence electrons. The highest BCUT2D eigenvalue weighted by Gasteiger charge is 2.24. The van der Waals surface area contributed by atoms with Crippen molar-refractivity contribution in [3.05, 3.63) is 95.8 Å². The van der Waals surface area contributed by atoms with E-state index in [9.17, 15) is 22.8 Å². The largest absolute Gasteiger partial charge is 0.448 e. The normalized spacial score (nSPS) is 17.3. The summed E-state index contributed by atoms with van der Waals surface area (Å²) in [5, 5.41) is 11.5. The monoisotopic (exact) mass is 584 g/mol. The van der Waals surface area contributed by atoms with Gasteiger partial charge in [0, 0.05) is 24.3 Å². The van der Waals surface area contributed by atoms with Crippen LogP contribution >= 0.6 is 0 Å². The summed E-state index contributed by atoms with van der Waals surface area (Å²) in [6, 6.07) is 22.6. The molecule has 8 nitrogen and oxygen atoms in total. The van der Waals surface area contributed by atoms with E-state index in [-0.39, 0.29) is 31.3 Å². The predicted octanol–water partition coefficient (Wildman–Crippen LogP) is 4.77. The summed E-state index contributed by atoms with van der Waals surface area (Å²) >= 11 is 0. The van der Waals surface area contributed by atoms with Crippen molar-refractivity contribution in [3.63, 3.8) is 0 Å². The van der Waals surface area contributed by atoms with Crippen LogP contribution in [0.3, 0.4) is 0 Å². The molecule has 0 saturated carbocycles. The lowest BCUT2D eigenvalue weighted by molar-refractivity contribution is -0.116. The predicted molar refractivity (Wildman–Crippen MR) is 154 cm³/mol. The van der Waals surface area contributed by atoms with E-state index in [2.05, 4.69) is 16.0 Å². The van der Waals surface area contributed by atoms with Crippen LogP contribution in [0.5, 0.6) is 0 Å². The lowest BCUT2D eigenvalue weighted by Crippen LogP contribution is -2.49. The number of alkyl halides is 2. The number of carbonyl (C=O) groups is 2. The molecule has 4 rings (SSSR count). The molecule has 1 aliphatic heterocycles. The molecule has 3 atom stereocenters. The highest BCUT2D eigenvalue weighted by molar-refractivity contribution is 5.97. The van der Waals surface area contributed by atoms with E-state index in [1.165, 1.54) is 12.1 Å². The van der Waals surface area contributed by atoms with Gasteiger partial charge in [0.25, 0.3) is 6.43 Å². The topological polar surface area (TPSA) is 101 Å². The van der Waals surface area contributed by atoms with Crippen LogP contribution in [0, 0.1) is 5.82 Å². The van der Waals surface area contributed by atoms with Crippen LogP contribution in [0.1, 0.15) is 17.5 Å². The van der Waals surface area contributed by atoms with Crippen LogP contribution in [0.4, 0.5) is 29.3 Å². The molecule has 0 unspecified atom stereocenters. The van der Waals surface area contributed by atoms with Gasteiger partial charge in [-0.15, -0.1) is 0 Å². The Morgan fingerprint density at radius 1 is 1.02 bits per heavy atom. The molecule has 0 aliphatic carbocycles. The second-order valence-electron chi connectivity index (χ2n) is 10.0. The van der Waals surface area contributed by atoms with Gasteiger partial charge in [0.1, 0.15) is 18.5 Å². The van der Waals surface area contributed by atoms with Crippen molar-refractivity contribution in [2.45, 2.75) is 43.9 Å². The molecule has 0 spiro atoms. The van der Waals surface area contributed by atoms with Crippen LogP contribution in [0.15, 0.2) is 78.9 Å². The number of alkyl carbamates (subject to hydrolysis) is 1. The van der Waals surface area contributed by atoms with Gasteiger partial charge in [-0.25, -0.2) is 18.0 Å². The Morgan fingerprint density at radius 2 is 1.76 bits per heavy atom. The molecule has 0 radical (unpaired) electrons. The number of amides is 2. The average molecular weight is 585 g/mol. The van der Waals surface area contributed by atoms with Crippen LogP contribution in [0.25, 0.3) is 0 Å². The smallest absolute Gasteiger partial charge is 0.407 e. The second kappa shape index (κ2) is 15.8. The van der Waals surface area contributed by atoms with Gasteiger partial charge in [-0.2, -0.15) is 0 Å².